The summed E-state index contributed by atoms with van der Waals surface area (Å²) in [6.07, 6.45) is 1.01. The zero-order chi connectivity index (χ0) is 21.9. The highest BCUT2D eigenvalue weighted by atomic mass is 32.2. The lowest BCUT2D eigenvalue weighted by Crippen LogP contribution is -2.15. The van der Waals surface area contributed by atoms with Crippen LogP contribution in [0.3, 0.4) is 0 Å². The average molecular weight is 429 g/mol. The van der Waals surface area contributed by atoms with Crippen LogP contribution >= 0.6 is 0 Å². The zero-order valence-corrected chi connectivity index (χ0v) is 17.3. The lowest BCUT2D eigenvalue weighted by Gasteiger charge is -2.10. The van der Waals surface area contributed by atoms with Crippen LogP contribution in [0.1, 0.15) is 20.8 Å². The summed E-state index contributed by atoms with van der Waals surface area (Å²) in [4.78, 5) is 25.3. The van der Waals surface area contributed by atoms with E-state index in [9.17, 15) is 18.0 Å². The first-order chi connectivity index (χ1) is 14.3. The third kappa shape index (κ3) is 4.18. The molecule has 0 saturated carbocycles. The monoisotopic (exact) mass is 429 g/mol. The van der Waals surface area contributed by atoms with Gasteiger partial charge < -0.3 is 9.47 Å². The molecule has 30 heavy (non-hydrogen) atoms. The standard InChI is InChI=1S/C20H19N3O6S/c1-28-19(24)16-17(14-11-7-8-12-15(14)22-30(3,26)27)21-23(18(16)20(25)29-2)13-9-5-4-6-10-13/h4-12,22H,1-3H3. The van der Waals surface area contributed by atoms with Crippen LogP contribution in [-0.2, 0) is 19.5 Å². The number of hydrogen-bond acceptors (Lipinski definition) is 7. The minimum Gasteiger partial charge on any atom is -0.465 e. The fourth-order valence-electron chi connectivity index (χ4n) is 2.92. The summed E-state index contributed by atoms with van der Waals surface area (Å²) >= 11 is 0. The van der Waals surface area contributed by atoms with Crippen LogP contribution in [0.5, 0.6) is 0 Å². The number of methoxy groups -OCH3 is 2. The van der Waals surface area contributed by atoms with E-state index in [-0.39, 0.29) is 22.6 Å². The van der Waals surface area contributed by atoms with E-state index in [0.717, 1.165) is 6.26 Å². The molecule has 3 rings (SSSR count). The smallest absolute Gasteiger partial charge is 0.357 e. The number of benzene rings is 2. The van der Waals surface area contributed by atoms with Gasteiger partial charge in [0.1, 0.15) is 11.3 Å². The molecular formula is C20H19N3O6S. The van der Waals surface area contributed by atoms with Crippen LogP contribution in [0.4, 0.5) is 5.69 Å². The molecule has 0 aliphatic heterocycles. The second-order valence-electron chi connectivity index (χ2n) is 6.22. The molecule has 3 aromatic rings. The number of carbonyl (C=O) groups is 2. The minimum absolute atomic E-state index is 0.0675. The van der Waals surface area contributed by atoms with E-state index in [1.807, 2.05) is 0 Å². The molecule has 0 saturated heterocycles. The number of esters is 2. The number of carbonyl (C=O) groups excluding carboxylic acids is 2. The Labute approximate surface area is 173 Å². The van der Waals surface area contributed by atoms with Gasteiger partial charge in [-0.05, 0) is 18.2 Å². The Hall–Kier alpha value is -3.66. The predicted molar refractivity (Wildman–Crippen MR) is 110 cm³/mol. The molecule has 9 nitrogen and oxygen atoms in total. The van der Waals surface area contributed by atoms with Gasteiger partial charge in [-0.15, -0.1) is 0 Å². The van der Waals surface area contributed by atoms with Crippen molar-refractivity contribution in [3.05, 3.63) is 65.9 Å². The van der Waals surface area contributed by atoms with E-state index in [1.54, 1.807) is 48.5 Å². The second kappa shape index (κ2) is 8.37. The molecule has 0 aliphatic carbocycles. The second-order valence-corrected chi connectivity index (χ2v) is 7.97. The Morgan fingerprint density at radius 1 is 0.933 bits per heavy atom. The van der Waals surface area contributed by atoms with Gasteiger partial charge in [0.05, 0.1) is 31.9 Å². The number of anilines is 1. The van der Waals surface area contributed by atoms with Gasteiger partial charge in [0, 0.05) is 5.56 Å². The number of ether oxygens (including phenoxy) is 2. The number of nitrogens with zero attached hydrogens (tertiary/aromatic N) is 2. The normalized spacial score (nSPS) is 11.0. The average Bonchev–Trinajstić information content (AvgIpc) is 3.13. The first kappa shape index (κ1) is 21.1. The van der Waals surface area contributed by atoms with Crippen LogP contribution in [0.25, 0.3) is 16.9 Å². The maximum atomic E-state index is 12.7. The van der Waals surface area contributed by atoms with E-state index in [4.69, 9.17) is 9.47 Å². The van der Waals surface area contributed by atoms with Gasteiger partial charge in [0.2, 0.25) is 10.0 Å². The molecule has 0 bridgehead atoms. The lowest BCUT2D eigenvalue weighted by atomic mass is 10.0. The molecule has 0 radical (unpaired) electrons. The van der Waals surface area contributed by atoms with E-state index < -0.39 is 22.0 Å². The van der Waals surface area contributed by atoms with Gasteiger partial charge in [0.15, 0.2) is 5.69 Å². The number of sulfonamides is 1. The summed E-state index contributed by atoms with van der Waals surface area (Å²) in [5, 5.41) is 4.46. The summed E-state index contributed by atoms with van der Waals surface area (Å²) in [5.74, 6) is -1.62. The molecule has 0 fully saturated rings. The van der Waals surface area contributed by atoms with E-state index >= 15 is 0 Å². The topological polar surface area (TPSA) is 117 Å². The number of nitrogens with one attached hydrogen (secondary N) is 1. The van der Waals surface area contributed by atoms with Crippen molar-refractivity contribution in [3.63, 3.8) is 0 Å². The van der Waals surface area contributed by atoms with Gasteiger partial charge in [-0.3, -0.25) is 4.72 Å². The highest BCUT2D eigenvalue weighted by Gasteiger charge is 2.32. The van der Waals surface area contributed by atoms with Crippen molar-refractivity contribution in [2.45, 2.75) is 0 Å². The Bertz CT molecular complexity index is 1200. The summed E-state index contributed by atoms with van der Waals surface area (Å²) in [5.41, 5.74) is 0.777. The quantitative estimate of drug-likeness (QED) is 0.598. The van der Waals surface area contributed by atoms with Crippen molar-refractivity contribution in [2.75, 3.05) is 25.2 Å². The molecule has 156 valence electrons. The number of aromatic nitrogens is 2. The van der Waals surface area contributed by atoms with E-state index in [1.165, 1.54) is 25.0 Å². The van der Waals surface area contributed by atoms with Crippen LogP contribution < -0.4 is 4.72 Å². The molecule has 2 aromatic carbocycles. The molecule has 1 heterocycles. The van der Waals surface area contributed by atoms with Crippen LogP contribution in [0.2, 0.25) is 0 Å². The SMILES string of the molecule is COC(=O)c1c(-c2ccccc2NS(C)(=O)=O)nn(-c2ccccc2)c1C(=O)OC. The predicted octanol–water partition coefficient (Wildman–Crippen LogP) is 2.48. The highest BCUT2D eigenvalue weighted by molar-refractivity contribution is 7.92. The van der Waals surface area contributed by atoms with Crippen molar-refractivity contribution in [1.29, 1.82) is 0 Å². The molecule has 0 spiro atoms. The van der Waals surface area contributed by atoms with E-state index in [2.05, 4.69) is 9.82 Å². The van der Waals surface area contributed by atoms with Gasteiger partial charge in [-0.1, -0.05) is 36.4 Å². The first-order valence-electron chi connectivity index (χ1n) is 8.69. The Morgan fingerprint density at radius 3 is 2.13 bits per heavy atom. The first-order valence-corrected chi connectivity index (χ1v) is 10.6. The fourth-order valence-corrected chi connectivity index (χ4v) is 3.50. The van der Waals surface area contributed by atoms with Gasteiger partial charge in [0.25, 0.3) is 0 Å². The molecular weight excluding hydrogens is 410 g/mol. The Balaban J connectivity index is 2.38. The van der Waals surface area contributed by atoms with Crippen molar-refractivity contribution in [3.8, 4) is 16.9 Å². The van der Waals surface area contributed by atoms with Crippen LogP contribution in [0.15, 0.2) is 54.6 Å². The number of rotatable bonds is 6. The van der Waals surface area contributed by atoms with Crippen molar-refractivity contribution < 1.29 is 27.5 Å². The third-order valence-electron chi connectivity index (χ3n) is 4.13. The van der Waals surface area contributed by atoms with Gasteiger partial charge in [-0.2, -0.15) is 5.10 Å². The zero-order valence-electron chi connectivity index (χ0n) is 16.4. The summed E-state index contributed by atoms with van der Waals surface area (Å²) in [7, 11) is -1.26. The summed E-state index contributed by atoms with van der Waals surface area (Å²) < 4.78 is 37.0. The molecule has 0 atom stereocenters. The van der Waals surface area contributed by atoms with Crippen molar-refractivity contribution in [1.82, 2.24) is 9.78 Å². The maximum absolute atomic E-state index is 12.7. The molecule has 0 amide bonds. The summed E-state index contributed by atoms with van der Waals surface area (Å²) in [6.45, 7) is 0. The Morgan fingerprint density at radius 2 is 1.53 bits per heavy atom. The highest BCUT2D eigenvalue weighted by Crippen LogP contribution is 2.34. The third-order valence-corrected chi connectivity index (χ3v) is 4.72. The minimum atomic E-state index is -3.62. The number of hydrogen-bond donors (Lipinski definition) is 1. The Kier molecular flexibility index (Phi) is 5.88. The summed E-state index contributed by atoms with van der Waals surface area (Å²) in [6, 6.07) is 15.1. The van der Waals surface area contributed by atoms with Crippen LogP contribution in [-0.4, -0.2) is 50.6 Å². The molecule has 1 N–H and O–H groups in total. The number of para-hydroxylation sites is 2. The molecule has 1 aromatic heterocycles. The van der Waals surface area contributed by atoms with Crippen LogP contribution in [0, 0.1) is 0 Å². The van der Waals surface area contributed by atoms with E-state index in [0.29, 0.717) is 11.3 Å². The lowest BCUT2D eigenvalue weighted by molar-refractivity contribution is 0.0549. The maximum Gasteiger partial charge on any atom is 0.357 e. The van der Waals surface area contributed by atoms with Crippen molar-refractivity contribution >= 4 is 27.6 Å². The molecule has 0 unspecified atom stereocenters. The molecule has 10 heteroatoms. The van der Waals surface area contributed by atoms with Crippen molar-refractivity contribution in [2.24, 2.45) is 0 Å². The fraction of sp³-hybridized carbons (Fsp3) is 0.150. The molecule has 0 aliphatic rings. The van der Waals surface area contributed by atoms with Gasteiger partial charge >= 0.3 is 11.9 Å². The van der Waals surface area contributed by atoms with Gasteiger partial charge in [-0.25, -0.2) is 22.7 Å². The largest absolute Gasteiger partial charge is 0.465 e.